The molecule has 3 aromatic rings. The number of hydrogen-bond donors (Lipinski definition) is 2. The van der Waals surface area contributed by atoms with Crippen LogP contribution in [0.2, 0.25) is 0 Å². The molecule has 0 aliphatic carbocycles. The smallest absolute Gasteiger partial charge is 0.226 e. The van der Waals surface area contributed by atoms with E-state index in [4.69, 9.17) is 13.6 Å². The maximum atomic E-state index is 5.55. The third-order valence-electron chi connectivity index (χ3n) is 3.82. The predicted octanol–water partition coefficient (Wildman–Crippen LogP) is 3.21. The van der Waals surface area contributed by atoms with Crippen molar-refractivity contribution in [1.82, 2.24) is 15.6 Å². The molecule has 2 heterocycles. The number of aromatic nitrogens is 1. The van der Waals surface area contributed by atoms with Gasteiger partial charge in [-0.05, 0) is 30.7 Å². The van der Waals surface area contributed by atoms with Gasteiger partial charge in [0.1, 0.15) is 18.6 Å². The van der Waals surface area contributed by atoms with Crippen LogP contribution in [-0.4, -0.2) is 31.1 Å². The van der Waals surface area contributed by atoms with Gasteiger partial charge in [0, 0.05) is 25.8 Å². The summed E-state index contributed by atoms with van der Waals surface area (Å²) in [5.74, 6) is 2.16. The SMILES string of the molecule is CN=C(NCCCOCc1ccco1)NCc1coc(-c2ccccc2)n1. The Morgan fingerprint density at radius 1 is 1.11 bits per heavy atom. The highest BCUT2D eigenvalue weighted by Gasteiger charge is 2.06. The zero-order valence-corrected chi connectivity index (χ0v) is 15.4. The minimum absolute atomic E-state index is 0.496. The lowest BCUT2D eigenvalue weighted by molar-refractivity contribution is 0.105. The summed E-state index contributed by atoms with van der Waals surface area (Å²) in [5.41, 5.74) is 1.78. The van der Waals surface area contributed by atoms with E-state index in [2.05, 4.69) is 20.6 Å². The largest absolute Gasteiger partial charge is 0.467 e. The van der Waals surface area contributed by atoms with Gasteiger partial charge in [-0.15, -0.1) is 0 Å². The van der Waals surface area contributed by atoms with E-state index in [-0.39, 0.29) is 0 Å². The van der Waals surface area contributed by atoms with Crippen molar-refractivity contribution in [3.63, 3.8) is 0 Å². The minimum atomic E-state index is 0.496. The first-order chi connectivity index (χ1) is 13.3. The summed E-state index contributed by atoms with van der Waals surface area (Å²) in [5, 5.41) is 6.47. The monoisotopic (exact) mass is 368 g/mol. The lowest BCUT2D eigenvalue weighted by atomic mass is 10.2. The van der Waals surface area contributed by atoms with Crippen LogP contribution in [0.4, 0.5) is 0 Å². The molecule has 7 heteroatoms. The van der Waals surface area contributed by atoms with Crippen LogP contribution in [0.25, 0.3) is 11.5 Å². The van der Waals surface area contributed by atoms with Gasteiger partial charge in [-0.2, -0.15) is 0 Å². The van der Waals surface area contributed by atoms with E-state index in [1.807, 2.05) is 42.5 Å². The topological polar surface area (TPSA) is 84.8 Å². The first-order valence-electron chi connectivity index (χ1n) is 8.89. The maximum absolute atomic E-state index is 5.55. The van der Waals surface area contributed by atoms with Crippen molar-refractivity contribution < 1.29 is 13.6 Å². The molecule has 142 valence electrons. The number of guanidine groups is 1. The third kappa shape index (κ3) is 6.00. The molecule has 0 aliphatic rings. The van der Waals surface area contributed by atoms with Gasteiger partial charge < -0.3 is 24.2 Å². The van der Waals surface area contributed by atoms with Crippen LogP contribution in [-0.2, 0) is 17.9 Å². The van der Waals surface area contributed by atoms with Gasteiger partial charge in [-0.3, -0.25) is 4.99 Å². The highest BCUT2D eigenvalue weighted by molar-refractivity contribution is 5.79. The molecule has 0 unspecified atom stereocenters. The molecular weight excluding hydrogens is 344 g/mol. The van der Waals surface area contributed by atoms with Gasteiger partial charge in [0.25, 0.3) is 0 Å². The molecule has 0 saturated carbocycles. The molecule has 27 heavy (non-hydrogen) atoms. The molecule has 2 aromatic heterocycles. The van der Waals surface area contributed by atoms with Gasteiger partial charge in [0.05, 0.1) is 18.5 Å². The van der Waals surface area contributed by atoms with Crippen LogP contribution in [0, 0.1) is 0 Å². The van der Waals surface area contributed by atoms with Crippen LogP contribution in [0.5, 0.6) is 0 Å². The van der Waals surface area contributed by atoms with Crippen LogP contribution in [0.1, 0.15) is 17.9 Å². The second-order valence-electron chi connectivity index (χ2n) is 5.85. The first kappa shape index (κ1) is 18.7. The first-order valence-corrected chi connectivity index (χ1v) is 8.89. The molecule has 0 bridgehead atoms. The average Bonchev–Trinajstić information content (AvgIpc) is 3.39. The molecule has 0 spiro atoms. The Hall–Kier alpha value is -3.06. The number of rotatable bonds is 9. The van der Waals surface area contributed by atoms with Crippen molar-refractivity contribution in [2.75, 3.05) is 20.2 Å². The molecule has 0 aliphatic heterocycles. The van der Waals surface area contributed by atoms with E-state index in [1.54, 1.807) is 19.6 Å². The second-order valence-corrected chi connectivity index (χ2v) is 5.85. The van der Waals surface area contributed by atoms with Crippen molar-refractivity contribution in [3.8, 4) is 11.5 Å². The number of ether oxygens (including phenoxy) is 1. The molecule has 0 atom stereocenters. The van der Waals surface area contributed by atoms with Crippen LogP contribution >= 0.6 is 0 Å². The Kier molecular flexibility index (Phi) is 7.06. The second kappa shape index (κ2) is 10.2. The Bertz CT molecular complexity index is 813. The average molecular weight is 368 g/mol. The molecular formula is C20H24N4O3. The fraction of sp³-hybridized carbons (Fsp3) is 0.300. The van der Waals surface area contributed by atoms with Crippen LogP contribution in [0.15, 0.2) is 68.8 Å². The predicted molar refractivity (Wildman–Crippen MR) is 103 cm³/mol. The number of nitrogens with one attached hydrogen (secondary N) is 2. The van der Waals surface area contributed by atoms with Crippen molar-refractivity contribution in [1.29, 1.82) is 0 Å². The Labute approximate surface area is 158 Å². The Balaban J connectivity index is 1.34. The van der Waals surface area contributed by atoms with E-state index < -0.39 is 0 Å². The zero-order valence-electron chi connectivity index (χ0n) is 15.4. The minimum Gasteiger partial charge on any atom is -0.467 e. The fourth-order valence-electron chi connectivity index (χ4n) is 2.44. The van der Waals surface area contributed by atoms with Gasteiger partial charge in [0.2, 0.25) is 5.89 Å². The Morgan fingerprint density at radius 2 is 2.00 bits per heavy atom. The van der Waals surface area contributed by atoms with Gasteiger partial charge in [-0.1, -0.05) is 18.2 Å². The molecule has 7 nitrogen and oxygen atoms in total. The van der Waals surface area contributed by atoms with Crippen molar-refractivity contribution in [2.24, 2.45) is 4.99 Å². The fourth-order valence-corrected chi connectivity index (χ4v) is 2.44. The van der Waals surface area contributed by atoms with E-state index in [0.29, 0.717) is 31.6 Å². The highest BCUT2D eigenvalue weighted by Crippen LogP contribution is 2.17. The summed E-state index contributed by atoms with van der Waals surface area (Å²) in [6.07, 6.45) is 4.17. The molecule has 0 radical (unpaired) electrons. The zero-order chi connectivity index (χ0) is 18.7. The molecule has 1 aromatic carbocycles. The van der Waals surface area contributed by atoms with Crippen LogP contribution < -0.4 is 10.6 Å². The number of aliphatic imine (C=N–C) groups is 1. The molecule has 3 rings (SSSR count). The van der Waals surface area contributed by atoms with Crippen molar-refractivity contribution in [2.45, 2.75) is 19.6 Å². The summed E-state index contributed by atoms with van der Waals surface area (Å²) < 4.78 is 16.3. The van der Waals surface area contributed by atoms with E-state index in [1.165, 1.54) is 0 Å². The summed E-state index contributed by atoms with van der Waals surface area (Å²) in [4.78, 5) is 8.70. The maximum Gasteiger partial charge on any atom is 0.226 e. The van der Waals surface area contributed by atoms with E-state index >= 15 is 0 Å². The van der Waals surface area contributed by atoms with Gasteiger partial charge in [-0.25, -0.2) is 4.98 Å². The normalized spacial score (nSPS) is 11.5. The number of hydrogen-bond acceptors (Lipinski definition) is 5. The van der Waals surface area contributed by atoms with Gasteiger partial charge in [0.15, 0.2) is 5.96 Å². The third-order valence-corrected chi connectivity index (χ3v) is 3.82. The molecule has 0 saturated heterocycles. The van der Waals surface area contributed by atoms with E-state index in [9.17, 15) is 0 Å². The standard InChI is InChI=1S/C20H24N4O3/c1-21-20(22-10-6-11-25-15-18-9-5-12-26-18)23-13-17-14-27-19(24-17)16-7-3-2-4-8-16/h2-5,7-9,12,14H,6,10-11,13,15H2,1H3,(H2,21,22,23). The number of oxazole rings is 1. The van der Waals surface area contributed by atoms with Crippen LogP contribution in [0.3, 0.4) is 0 Å². The number of benzene rings is 1. The highest BCUT2D eigenvalue weighted by atomic mass is 16.5. The molecule has 2 N–H and O–H groups in total. The molecule has 0 fully saturated rings. The quantitative estimate of drug-likeness (QED) is 0.343. The Morgan fingerprint density at radius 3 is 2.78 bits per heavy atom. The van der Waals surface area contributed by atoms with Crippen molar-refractivity contribution >= 4 is 5.96 Å². The summed E-state index contributed by atoms with van der Waals surface area (Å²) in [6.45, 7) is 2.43. The number of furan rings is 1. The summed E-state index contributed by atoms with van der Waals surface area (Å²) >= 11 is 0. The lowest BCUT2D eigenvalue weighted by Crippen LogP contribution is -2.37. The summed E-state index contributed by atoms with van der Waals surface area (Å²) in [7, 11) is 1.74. The van der Waals surface area contributed by atoms with E-state index in [0.717, 1.165) is 30.0 Å². The lowest BCUT2D eigenvalue weighted by Gasteiger charge is -2.10. The van der Waals surface area contributed by atoms with Gasteiger partial charge >= 0.3 is 0 Å². The van der Waals surface area contributed by atoms with Crippen molar-refractivity contribution in [3.05, 3.63) is 66.4 Å². The summed E-state index contributed by atoms with van der Waals surface area (Å²) in [6, 6.07) is 13.6. The molecule has 0 amide bonds. The number of nitrogens with zero attached hydrogens (tertiary/aromatic N) is 2.